The number of aryl methyl sites for hydroxylation is 3. The van der Waals surface area contributed by atoms with Crippen LogP contribution < -0.4 is 5.32 Å². The molecular formula is C13H14ClN3O2. The third kappa shape index (κ3) is 3.32. The summed E-state index contributed by atoms with van der Waals surface area (Å²) in [5.74, 6) is 0.556. The van der Waals surface area contributed by atoms with Crippen molar-refractivity contribution in [2.45, 2.75) is 27.2 Å². The highest BCUT2D eigenvalue weighted by atomic mass is 35.5. The van der Waals surface area contributed by atoms with Crippen LogP contribution in [0.15, 0.2) is 16.7 Å². The van der Waals surface area contributed by atoms with Crippen molar-refractivity contribution in [3.63, 3.8) is 0 Å². The lowest BCUT2D eigenvalue weighted by Crippen LogP contribution is -2.15. The van der Waals surface area contributed by atoms with Crippen molar-refractivity contribution in [1.82, 2.24) is 10.1 Å². The predicted molar refractivity (Wildman–Crippen MR) is 72.3 cm³/mol. The molecule has 0 aliphatic carbocycles. The minimum absolute atomic E-state index is 0.0322. The van der Waals surface area contributed by atoms with Gasteiger partial charge in [-0.25, -0.2) is 0 Å². The normalized spacial score (nSPS) is 10.5. The summed E-state index contributed by atoms with van der Waals surface area (Å²) in [4.78, 5) is 15.9. The van der Waals surface area contributed by atoms with Crippen molar-refractivity contribution in [3.05, 3.63) is 40.0 Å². The molecule has 0 saturated heterocycles. The molecule has 1 aromatic heterocycles. The average Bonchev–Trinajstić information content (AvgIpc) is 2.69. The number of aromatic nitrogens is 2. The van der Waals surface area contributed by atoms with E-state index >= 15 is 0 Å². The largest absolute Gasteiger partial charge is 0.339 e. The molecule has 0 atom stereocenters. The Morgan fingerprint density at radius 3 is 2.68 bits per heavy atom. The summed E-state index contributed by atoms with van der Waals surface area (Å²) < 4.78 is 4.90. The molecule has 6 heteroatoms. The molecule has 0 fully saturated rings. The fourth-order valence-electron chi connectivity index (χ4n) is 1.81. The number of halogens is 1. The maximum atomic E-state index is 11.9. The van der Waals surface area contributed by atoms with Gasteiger partial charge in [-0.3, -0.25) is 4.79 Å². The summed E-state index contributed by atoms with van der Waals surface area (Å²) in [6, 6.07) is 3.76. The highest BCUT2D eigenvalue weighted by Crippen LogP contribution is 2.27. The highest BCUT2D eigenvalue weighted by molar-refractivity contribution is 6.34. The van der Waals surface area contributed by atoms with Crippen LogP contribution in [-0.2, 0) is 11.2 Å². The van der Waals surface area contributed by atoms with Crippen LogP contribution in [0.3, 0.4) is 0 Å². The van der Waals surface area contributed by atoms with Crippen LogP contribution in [0.25, 0.3) is 0 Å². The first kappa shape index (κ1) is 13.5. The van der Waals surface area contributed by atoms with E-state index < -0.39 is 0 Å². The van der Waals surface area contributed by atoms with Crippen molar-refractivity contribution in [3.8, 4) is 0 Å². The number of rotatable bonds is 3. The summed E-state index contributed by atoms with van der Waals surface area (Å²) in [6.45, 7) is 5.54. The molecule has 5 nitrogen and oxygen atoms in total. The maximum Gasteiger partial charge on any atom is 0.236 e. The zero-order valence-corrected chi connectivity index (χ0v) is 11.7. The van der Waals surface area contributed by atoms with Gasteiger partial charge < -0.3 is 9.84 Å². The van der Waals surface area contributed by atoms with Crippen molar-refractivity contribution < 1.29 is 9.32 Å². The van der Waals surface area contributed by atoms with Gasteiger partial charge in [0.1, 0.15) is 6.42 Å². The molecule has 0 aliphatic heterocycles. The zero-order chi connectivity index (χ0) is 14.0. The SMILES string of the molecule is Cc1cc(C)c(NC(=O)Cc2nc(C)no2)c(Cl)c1. The standard InChI is InChI=1S/C13H14ClN3O2/c1-7-4-8(2)13(10(14)5-7)16-11(18)6-12-15-9(3)17-19-12/h4-5H,6H2,1-3H3,(H,16,18). The van der Waals surface area contributed by atoms with Gasteiger partial charge in [0.25, 0.3) is 0 Å². The molecule has 0 spiro atoms. The molecule has 1 heterocycles. The first-order valence-electron chi connectivity index (χ1n) is 5.81. The topological polar surface area (TPSA) is 68.0 Å². The van der Waals surface area contributed by atoms with Gasteiger partial charge in [0, 0.05) is 0 Å². The smallest absolute Gasteiger partial charge is 0.236 e. The number of hydrogen-bond donors (Lipinski definition) is 1. The van der Waals surface area contributed by atoms with Crippen LogP contribution in [0, 0.1) is 20.8 Å². The van der Waals surface area contributed by atoms with E-state index in [9.17, 15) is 4.79 Å². The Hall–Kier alpha value is -1.88. The second-order valence-corrected chi connectivity index (χ2v) is 4.81. The minimum Gasteiger partial charge on any atom is -0.339 e. The predicted octanol–water partition coefficient (Wildman–Crippen LogP) is 2.83. The molecular weight excluding hydrogens is 266 g/mol. The van der Waals surface area contributed by atoms with Crippen molar-refractivity contribution in [2.75, 3.05) is 5.32 Å². The highest BCUT2D eigenvalue weighted by Gasteiger charge is 2.13. The molecule has 2 rings (SSSR count). The van der Waals surface area contributed by atoms with Gasteiger partial charge in [-0.2, -0.15) is 4.98 Å². The van der Waals surface area contributed by atoms with Crippen LogP contribution in [-0.4, -0.2) is 16.0 Å². The molecule has 0 radical (unpaired) electrons. The zero-order valence-electron chi connectivity index (χ0n) is 11.0. The van der Waals surface area contributed by atoms with E-state index in [0.29, 0.717) is 16.5 Å². The van der Waals surface area contributed by atoms with E-state index in [0.717, 1.165) is 11.1 Å². The summed E-state index contributed by atoms with van der Waals surface area (Å²) in [7, 11) is 0. The summed E-state index contributed by atoms with van der Waals surface area (Å²) >= 11 is 6.12. The molecule has 1 N–H and O–H groups in total. The second-order valence-electron chi connectivity index (χ2n) is 4.40. The molecule has 2 aromatic rings. The first-order valence-corrected chi connectivity index (χ1v) is 6.19. The van der Waals surface area contributed by atoms with Crippen LogP contribution in [0.1, 0.15) is 22.8 Å². The molecule has 19 heavy (non-hydrogen) atoms. The van der Waals surface area contributed by atoms with Gasteiger partial charge in [0.2, 0.25) is 11.8 Å². The van der Waals surface area contributed by atoms with Crippen LogP contribution in [0.2, 0.25) is 5.02 Å². The van der Waals surface area contributed by atoms with Crippen LogP contribution in [0.4, 0.5) is 5.69 Å². The quantitative estimate of drug-likeness (QED) is 0.938. The van der Waals surface area contributed by atoms with E-state index in [4.69, 9.17) is 16.1 Å². The van der Waals surface area contributed by atoms with Gasteiger partial charge in [-0.05, 0) is 38.0 Å². The number of carbonyl (C=O) groups is 1. The number of nitrogens with zero attached hydrogens (tertiary/aromatic N) is 2. The van der Waals surface area contributed by atoms with E-state index in [1.807, 2.05) is 19.9 Å². The van der Waals surface area contributed by atoms with Crippen molar-refractivity contribution in [2.24, 2.45) is 0 Å². The number of benzene rings is 1. The summed E-state index contributed by atoms with van der Waals surface area (Å²) in [6.07, 6.45) is 0.0322. The van der Waals surface area contributed by atoms with Gasteiger partial charge >= 0.3 is 0 Å². The van der Waals surface area contributed by atoms with Gasteiger partial charge in [-0.15, -0.1) is 0 Å². The maximum absolute atomic E-state index is 11.9. The lowest BCUT2D eigenvalue weighted by Gasteiger charge is -2.10. The van der Waals surface area contributed by atoms with Crippen LogP contribution >= 0.6 is 11.6 Å². The third-order valence-electron chi connectivity index (χ3n) is 2.58. The minimum atomic E-state index is -0.238. The first-order chi connectivity index (χ1) is 8.95. The molecule has 0 unspecified atom stereocenters. The number of nitrogens with one attached hydrogen (secondary N) is 1. The molecule has 1 aromatic carbocycles. The van der Waals surface area contributed by atoms with Crippen LogP contribution in [0.5, 0.6) is 0 Å². The van der Waals surface area contributed by atoms with E-state index in [-0.39, 0.29) is 18.2 Å². The number of amides is 1. The van der Waals surface area contributed by atoms with Crippen molar-refractivity contribution >= 4 is 23.2 Å². The fraction of sp³-hybridized carbons (Fsp3) is 0.308. The average molecular weight is 280 g/mol. The van der Waals surface area contributed by atoms with Gasteiger partial charge in [0.15, 0.2) is 5.82 Å². The van der Waals surface area contributed by atoms with E-state index in [2.05, 4.69) is 15.5 Å². The molecule has 100 valence electrons. The lowest BCUT2D eigenvalue weighted by molar-refractivity contribution is -0.115. The monoisotopic (exact) mass is 279 g/mol. The lowest BCUT2D eigenvalue weighted by atomic mass is 10.1. The Kier molecular flexibility index (Phi) is 3.85. The fourth-order valence-corrected chi connectivity index (χ4v) is 2.18. The number of hydrogen-bond acceptors (Lipinski definition) is 4. The Labute approximate surface area is 116 Å². The molecule has 1 amide bonds. The Balaban J connectivity index is 2.11. The van der Waals surface area contributed by atoms with E-state index in [1.54, 1.807) is 13.0 Å². The molecule has 0 bridgehead atoms. The Bertz CT molecular complexity index is 599. The summed E-state index contributed by atoms with van der Waals surface area (Å²) in [5.41, 5.74) is 2.58. The summed E-state index contributed by atoms with van der Waals surface area (Å²) in [5, 5.41) is 6.92. The Morgan fingerprint density at radius 2 is 2.11 bits per heavy atom. The van der Waals surface area contributed by atoms with Gasteiger partial charge in [-0.1, -0.05) is 22.8 Å². The van der Waals surface area contributed by atoms with Gasteiger partial charge in [0.05, 0.1) is 10.7 Å². The second kappa shape index (κ2) is 5.40. The Morgan fingerprint density at radius 1 is 1.37 bits per heavy atom. The number of anilines is 1. The van der Waals surface area contributed by atoms with E-state index in [1.165, 1.54) is 0 Å². The molecule has 0 saturated carbocycles. The number of carbonyl (C=O) groups excluding carboxylic acids is 1. The third-order valence-corrected chi connectivity index (χ3v) is 2.88. The van der Waals surface area contributed by atoms with Crippen molar-refractivity contribution in [1.29, 1.82) is 0 Å². The molecule has 0 aliphatic rings.